The molecule has 0 aromatic heterocycles. The van der Waals surface area contributed by atoms with E-state index in [4.69, 9.17) is 9.47 Å². The van der Waals surface area contributed by atoms with Crippen molar-refractivity contribution in [3.05, 3.63) is 59.7 Å². The molecule has 0 saturated heterocycles. The van der Waals surface area contributed by atoms with Gasteiger partial charge in [-0.05, 0) is 48.2 Å². The molecule has 128 valence electrons. The van der Waals surface area contributed by atoms with Crippen molar-refractivity contribution in [1.82, 2.24) is 0 Å². The zero-order valence-corrected chi connectivity index (χ0v) is 14.2. The first-order valence-electron chi connectivity index (χ1n) is 8.22. The summed E-state index contributed by atoms with van der Waals surface area (Å²) in [6.45, 7) is 2.83. The van der Waals surface area contributed by atoms with Gasteiger partial charge in [0.15, 0.2) is 0 Å². The highest BCUT2D eigenvalue weighted by Gasteiger charge is 2.20. The Morgan fingerprint density at radius 1 is 1.04 bits per heavy atom. The summed E-state index contributed by atoms with van der Waals surface area (Å²) in [6, 6.07) is 14.9. The highest BCUT2D eigenvalue weighted by atomic mass is 16.5. The van der Waals surface area contributed by atoms with Crippen molar-refractivity contribution < 1.29 is 19.4 Å². The van der Waals surface area contributed by atoms with Gasteiger partial charge in [-0.25, -0.2) is 0 Å². The molecule has 0 aliphatic rings. The highest BCUT2D eigenvalue weighted by molar-refractivity contribution is 5.76. The number of unbranched alkanes of at least 4 members (excludes halogenated alkanes) is 1. The molecule has 0 heterocycles. The smallest absolute Gasteiger partial charge is 0.311 e. The fourth-order valence-electron chi connectivity index (χ4n) is 2.48. The van der Waals surface area contributed by atoms with Gasteiger partial charge >= 0.3 is 5.97 Å². The summed E-state index contributed by atoms with van der Waals surface area (Å²) in [7, 11) is 1.59. The van der Waals surface area contributed by atoms with Crippen LogP contribution in [0.5, 0.6) is 11.5 Å². The van der Waals surface area contributed by atoms with Crippen LogP contribution in [-0.2, 0) is 11.2 Å². The summed E-state index contributed by atoms with van der Waals surface area (Å²) >= 11 is 0. The molecule has 0 aliphatic carbocycles. The van der Waals surface area contributed by atoms with E-state index in [-0.39, 0.29) is 0 Å². The maximum absolute atomic E-state index is 11.6. The third kappa shape index (κ3) is 5.01. The van der Waals surface area contributed by atoms with Crippen LogP contribution in [0.4, 0.5) is 0 Å². The van der Waals surface area contributed by atoms with E-state index in [0.717, 1.165) is 35.5 Å². The van der Waals surface area contributed by atoms with Gasteiger partial charge in [0.05, 0.1) is 19.6 Å². The Morgan fingerprint density at radius 2 is 1.67 bits per heavy atom. The Balaban J connectivity index is 2.05. The van der Waals surface area contributed by atoms with Crippen molar-refractivity contribution in [2.75, 3.05) is 13.7 Å². The third-order valence-corrected chi connectivity index (χ3v) is 3.95. The zero-order chi connectivity index (χ0) is 17.4. The normalized spacial score (nSPS) is 11.8. The molecule has 4 heteroatoms. The molecule has 24 heavy (non-hydrogen) atoms. The minimum Gasteiger partial charge on any atom is -0.497 e. The molecule has 0 saturated carbocycles. The molecule has 0 fully saturated rings. The van der Waals surface area contributed by atoms with Gasteiger partial charge in [0.25, 0.3) is 0 Å². The summed E-state index contributed by atoms with van der Waals surface area (Å²) in [5.74, 6) is 0.131. The summed E-state index contributed by atoms with van der Waals surface area (Å²) < 4.78 is 10.8. The molecule has 1 atom stereocenters. The van der Waals surface area contributed by atoms with Crippen molar-refractivity contribution in [3.63, 3.8) is 0 Å². The van der Waals surface area contributed by atoms with Crippen LogP contribution in [0.25, 0.3) is 0 Å². The van der Waals surface area contributed by atoms with Crippen LogP contribution in [0.2, 0.25) is 0 Å². The number of carboxylic acids is 1. The van der Waals surface area contributed by atoms with Crippen molar-refractivity contribution in [2.24, 2.45) is 0 Å². The minimum atomic E-state index is -0.830. The van der Waals surface area contributed by atoms with Crippen LogP contribution in [0.15, 0.2) is 48.5 Å². The molecule has 2 aromatic rings. The molecule has 0 radical (unpaired) electrons. The van der Waals surface area contributed by atoms with Gasteiger partial charge in [0, 0.05) is 0 Å². The third-order valence-electron chi connectivity index (χ3n) is 3.95. The number of ether oxygens (including phenoxy) is 2. The number of rotatable bonds is 9. The van der Waals surface area contributed by atoms with Crippen LogP contribution < -0.4 is 9.47 Å². The van der Waals surface area contributed by atoms with Gasteiger partial charge in [0.2, 0.25) is 0 Å². The minimum absolute atomic E-state index is 0.441. The molecule has 2 rings (SSSR count). The first-order chi connectivity index (χ1) is 11.6. The molecule has 1 N–H and O–H groups in total. The van der Waals surface area contributed by atoms with Gasteiger partial charge in [-0.2, -0.15) is 0 Å². The van der Waals surface area contributed by atoms with Crippen molar-refractivity contribution in [2.45, 2.75) is 32.1 Å². The molecule has 2 aromatic carbocycles. The second-order valence-electron chi connectivity index (χ2n) is 5.71. The number of methoxy groups -OCH3 is 1. The number of carboxylic acid groups (broad SMARTS) is 1. The Hall–Kier alpha value is -2.49. The van der Waals surface area contributed by atoms with Gasteiger partial charge in [-0.3, -0.25) is 4.79 Å². The van der Waals surface area contributed by atoms with Crippen molar-refractivity contribution in [1.29, 1.82) is 0 Å². The van der Waals surface area contributed by atoms with E-state index in [9.17, 15) is 9.90 Å². The van der Waals surface area contributed by atoms with Gasteiger partial charge in [-0.15, -0.1) is 0 Å². The number of carbonyl (C=O) groups is 1. The highest BCUT2D eigenvalue weighted by Crippen LogP contribution is 2.24. The predicted molar refractivity (Wildman–Crippen MR) is 93.9 cm³/mol. The number of hydrogen-bond acceptors (Lipinski definition) is 3. The fraction of sp³-hybridized carbons (Fsp3) is 0.350. The Bertz CT molecular complexity index is 632. The van der Waals surface area contributed by atoms with Crippen LogP contribution >= 0.6 is 0 Å². The topological polar surface area (TPSA) is 55.8 Å². The maximum Gasteiger partial charge on any atom is 0.311 e. The number of hydrogen-bond donors (Lipinski definition) is 1. The van der Waals surface area contributed by atoms with Crippen LogP contribution in [0.3, 0.4) is 0 Å². The van der Waals surface area contributed by atoms with Gasteiger partial charge in [-0.1, -0.05) is 37.6 Å². The summed E-state index contributed by atoms with van der Waals surface area (Å²) in [6.07, 6.45) is 2.57. The largest absolute Gasteiger partial charge is 0.497 e. The summed E-state index contributed by atoms with van der Waals surface area (Å²) in [4.78, 5) is 11.6. The van der Waals surface area contributed by atoms with Crippen molar-refractivity contribution >= 4 is 5.97 Å². The van der Waals surface area contributed by atoms with E-state index in [1.54, 1.807) is 31.4 Å². The SMILES string of the molecule is CCCCOc1ccc(CC(C(=O)O)c2ccc(OC)cc2)cc1. The quantitative estimate of drug-likeness (QED) is 0.698. The lowest BCUT2D eigenvalue weighted by atomic mass is 9.92. The first kappa shape index (κ1) is 17.9. The molecule has 0 bridgehead atoms. The van der Waals surface area contributed by atoms with Crippen LogP contribution in [-0.4, -0.2) is 24.8 Å². The number of benzene rings is 2. The van der Waals surface area contributed by atoms with E-state index >= 15 is 0 Å². The average Bonchev–Trinajstić information content (AvgIpc) is 2.61. The monoisotopic (exact) mass is 328 g/mol. The lowest BCUT2D eigenvalue weighted by Gasteiger charge is -2.14. The molecule has 0 amide bonds. The molecule has 1 unspecified atom stereocenters. The molecular weight excluding hydrogens is 304 g/mol. The van der Waals surface area contributed by atoms with E-state index in [0.29, 0.717) is 13.0 Å². The maximum atomic E-state index is 11.6. The van der Waals surface area contributed by atoms with E-state index in [2.05, 4.69) is 6.92 Å². The first-order valence-corrected chi connectivity index (χ1v) is 8.22. The van der Waals surface area contributed by atoms with Crippen LogP contribution in [0, 0.1) is 0 Å². The van der Waals surface area contributed by atoms with E-state index in [1.807, 2.05) is 24.3 Å². The standard InChI is InChI=1S/C20H24O4/c1-3-4-13-24-18-9-5-15(6-10-18)14-19(20(21)22)16-7-11-17(23-2)12-8-16/h5-12,19H,3-4,13-14H2,1-2H3,(H,21,22). The lowest BCUT2D eigenvalue weighted by Crippen LogP contribution is -2.14. The Kier molecular flexibility index (Phi) is 6.67. The van der Waals surface area contributed by atoms with Crippen LogP contribution in [0.1, 0.15) is 36.8 Å². The summed E-state index contributed by atoms with van der Waals surface area (Å²) in [5.41, 5.74) is 1.74. The van der Waals surface area contributed by atoms with E-state index in [1.165, 1.54) is 0 Å². The number of aliphatic carboxylic acids is 1. The summed E-state index contributed by atoms with van der Waals surface area (Å²) in [5, 5.41) is 9.56. The second-order valence-corrected chi connectivity index (χ2v) is 5.71. The Morgan fingerprint density at radius 3 is 2.21 bits per heavy atom. The molecule has 0 spiro atoms. The Labute approximate surface area is 143 Å². The van der Waals surface area contributed by atoms with E-state index < -0.39 is 11.9 Å². The lowest BCUT2D eigenvalue weighted by molar-refractivity contribution is -0.138. The van der Waals surface area contributed by atoms with Gasteiger partial charge in [0.1, 0.15) is 11.5 Å². The fourth-order valence-corrected chi connectivity index (χ4v) is 2.48. The van der Waals surface area contributed by atoms with Crippen molar-refractivity contribution in [3.8, 4) is 11.5 Å². The zero-order valence-electron chi connectivity index (χ0n) is 14.2. The second kappa shape index (κ2) is 8.96. The predicted octanol–water partition coefficient (Wildman–Crippen LogP) is 4.29. The van der Waals surface area contributed by atoms with Gasteiger partial charge < -0.3 is 14.6 Å². The molecule has 4 nitrogen and oxygen atoms in total. The molecular formula is C20H24O4. The average molecular weight is 328 g/mol. The molecule has 0 aliphatic heterocycles.